The number of carbonyl (C=O) groups excluding carboxylic acids is 1. The van der Waals surface area contributed by atoms with E-state index < -0.39 is 10.0 Å². The van der Waals surface area contributed by atoms with E-state index >= 15 is 0 Å². The highest BCUT2D eigenvalue weighted by atomic mass is 79.9. The predicted octanol–water partition coefficient (Wildman–Crippen LogP) is 3.57. The topological polar surface area (TPSA) is 66.5 Å². The van der Waals surface area contributed by atoms with E-state index in [4.69, 9.17) is 0 Å². The van der Waals surface area contributed by atoms with Crippen LogP contribution in [0.2, 0.25) is 0 Å². The molecule has 0 aliphatic carbocycles. The van der Waals surface area contributed by atoms with E-state index in [0.29, 0.717) is 10.2 Å². The molecule has 2 aromatic carbocycles. The maximum Gasteiger partial charge on any atom is 0.255 e. The number of nitrogens with one attached hydrogen (secondary N) is 1. The molecule has 0 saturated heterocycles. The lowest BCUT2D eigenvalue weighted by atomic mass is 10.1. The molecule has 2 aromatic rings. The summed E-state index contributed by atoms with van der Waals surface area (Å²) in [5.74, 6) is -0.355. The van der Waals surface area contributed by atoms with E-state index in [9.17, 15) is 13.2 Å². The van der Waals surface area contributed by atoms with Crippen LogP contribution in [0.4, 0.5) is 5.69 Å². The molecule has 0 saturated carbocycles. The molecule has 0 unspecified atom stereocenters. The fourth-order valence-electron chi connectivity index (χ4n) is 2.10. The van der Waals surface area contributed by atoms with Gasteiger partial charge in [-0.05, 0) is 65.2 Å². The standard InChI is InChI=1S/C17H19BrN2O3S/c1-11-5-6-12(2)15(9-11)19-17(21)13-7-8-14(18)16(10-13)24(22,23)20(3)4/h5-10H,1-4H3,(H,19,21). The van der Waals surface area contributed by atoms with E-state index in [1.54, 1.807) is 12.1 Å². The minimum atomic E-state index is -3.64. The Morgan fingerprint density at radius 2 is 1.75 bits per heavy atom. The lowest BCUT2D eigenvalue weighted by Crippen LogP contribution is -2.23. The van der Waals surface area contributed by atoms with Crippen LogP contribution in [0.3, 0.4) is 0 Å². The number of aryl methyl sites for hydroxylation is 2. The van der Waals surface area contributed by atoms with Crippen molar-refractivity contribution >= 4 is 37.5 Å². The van der Waals surface area contributed by atoms with Crippen molar-refractivity contribution in [2.75, 3.05) is 19.4 Å². The fraction of sp³-hybridized carbons (Fsp3) is 0.235. The number of sulfonamides is 1. The molecular weight excluding hydrogens is 392 g/mol. The zero-order chi connectivity index (χ0) is 18.1. The molecule has 0 spiro atoms. The van der Waals surface area contributed by atoms with Gasteiger partial charge < -0.3 is 5.32 Å². The summed E-state index contributed by atoms with van der Waals surface area (Å²) in [6, 6.07) is 10.3. The molecule has 0 fully saturated rings. The highest BCUT2D eigenvalue weighted by molar-refractivity contribution is 9.10. The van der Waals surface area contributed by atoms with Gasteiger partial charge in [-0.25, -0.2) is 12.7 Å². The largest absolute Gasteiger partial charge is 0.322 e. The van der Waals surface area contributed by atoms with Gasteiger partial charge in [-0.3, -0.25) is 4.79 Å². The molecule has 24 heavy (non-hydrogen) atoms. The third-order valence-electron chi connectivity index (χ3n) is 3.59. The quantitative estimate of drug-likeness (QED) is 0.837. The maximum absolute atomic E-state index is 12.5. The Labute approximate surface area is 150 Å². The van der Waals surface area contributed by atoms with Crippen molar-refractivity contribution in [1.29, 1.82) is 0 Å². The molecule has 5 nitrogen and oxygen atoms in total. The molecular formula is C17H19BrN2O3S. The molecule has 128 valence electrons. The van der Waals surface area contributed by atoms with E-state index in [0.717, 1.165) is 15.4 Å². The minimum absolute atomic E-state index is 0.0566. The Bertz CT molecular complexity index is 893. The first-order chi connectivity index (χ1) is 11.1. The zero-order valence-electron chi connectivity index (χ0n) is 13.9. The van der Waals surface area contributed by atoms with E-state index in [-0.39, 0.29) is 16.4 Å². The molecule has 0 bridgehead atoms. The SMILES string of the molecule is Cc1ccc(C)c(NC(=O)c2ccc(Br)c(S(=O)(=O)N(C)C)c2)c1. The van der Waals surface area contributed by atoms with Crippen LogP contribution in [0.25, 0.3) is 0 Å². The van der Waals surface area contributed by atoms with Crippen molar-refractivity contribution in [3.63, 3.8) is 0 Å². The van der Waals surface area contributed by atoms with Crippen molar-refractivity contribution in [1.82, 2.24) is 4.31 Å². The summed E-state index contributed by atoms with van der Waals surface area (Å²) in [5, 5.41) is 2.83. The van der Waals surface area contributed by atoms with Crippen LogP contribution in [0.5, 0.6) is 0 Å². The van der Waals surface area contributed by atoms with Crippen LogP contribution >= 0.6 is 15.9 Å². The van der Waals surface area contributed by atoms with Crippen molar-refractivity contribution in [3.8, 4) is 0 Å². The Hall–Kier alpha value is -1.70. The number of nitrogens with zero attached hydrogens (tertiary/aromatic N) is 1. The van der Waals surface area contributed by atoms with Gasteiger partial charge in [0.15, 0.2) is 0 Å². The third-order valence-corrected chi connectivity index (χ3v) is 6.40. The van der Waals surface area contributed by atoms with Gasteiger partial charge in [0.2, 0.25) is 10.0 Å². The van der Waals surface area contributed by atoms with Crippen molar-refractivity contribution < 1.29 is 13.2 Å². The second-order valence-electron chi connectivity index (χ2n) is 5.71. The molecule has 0 radical (unpaired) electrons. The summed E-state index contributed by atoms with van der Waals surface area (Å²) < 4.78 is 26.2. The third kappa shape index (κ3) is 3.85. The van der Waals surface area contributed by atoms with Crippen LogP contribution in [0, 0.1) is 13.8 Å². The zero-order valence-corrected chi connectivity index (χ0v) is 16.3. The molecule has 0 aliphatic rings. The van der Waals surface area contributed by atoms with Gasteiger partial charge in [-0.1, -0.05) is 12.1 Å². The Balaban J connectivity index is 2.39. The summed E-state index contributed by atoms with van der Waals surface area (Å²) in [5.41, 5.74) is 2.95. The summed E-state index contributed by atoms with van der Waals surface area (Å²) in [6.07, 6.45) is 0. The van der Waals surface area contributed by atoms with E-state index in [2.05, 4.69) is 21.2 Å². The second-order valence-corrected chi connectivity index (χ2v) is 8.68. The van der Waals surface area contributed by atoms with Crippen LogP contribution in [0.1, 0.15) is 21.5 Å². The van der Waals surface area contributed by atoms with Gasteiger partial charge in [0.05, 0.1) is 4.90 Å². The highest BCUT2D eigenvalue weighted by Crippen LogP contribution is 2.26. The van der Waals surface area contributed by atoms with Gasteiger partial charge in [0, 0.05) is 29.8 Å². The average Bonchev–Trinajstić information content (AvgIpc) is 2.50. The van der Waals surface area contributed by atoms with Gasteiger partial charge in [-0.15, -0.1) is 0 Å². The van der Waals surface area contributed by atoms with E-state index in [1.807, 2.05) is 32.0 Å². The Morgan fingerprint density at radius 1 is 1.08 bits per heavy atom. The molecule has 0 aliphatic heterocycles. The van der Waals surface area contributed by atoms with E-state index in [1.165, 1.54) is 20.2 Å². The molecule has 1 N–H and O–H groups in total. The average molecular weight is 411 g/mol. The summed E-state index contributed by atoms with van der Waals surface area (Å²) in [7, 11) is -0.747. The lowest BCUT2D eigenvalue weighted by Gasteiger charge is -2.14. The normalized spacial score (nSPS) is 11.6. The van der Waals surface area contributed by atoms with Crippen LogP contribution in [-0.2, 0) is 10.0 Å². The van der Waals surface area contributed by atoms with Gasteiger partial charge in [0.1, 0.15) is 0 Å². The number of amides is 1. The smallest absolute Gasteiger partial charge is 0.255 e. The van der Waals surface area contributed by atoms with Crippen molar-refractivity contribution in [2.45, 2.75) is 18.7 Å². The number of hydrogen-bond acceptors (Lipinski definition) is 3. The molecule has 2 rings (SSSR count). The van der Waals surface area contributed by atoms with Gasteiger partial charge in [0.25, 0.3) is 5.91 Å². The molecule has 0 heterocycles. The fourth-order valence-corrected chi connectivity index (χ4v) is 3.95. The van der Waals surface area contributed by atoms with Crippen LogP contribution in [-0.4, -0.2) is 32.7 Å². The summed E-state index contributed by atoms with van der Waals surface area (Å²) in [4.78, 5) is 12.6. The molecule has 7 heteroatoms. The number of anilines is 1. The first-order valence-electron chi connectivity index (χ1n) is 7.23. The Kier molecular flexibility index (Phi) is 5.47. The number of benzene rings is 2. The van der Waals surface area contributed by atoms with Crippen LogP contribution in [0.15, 0.2) is 45.8 Å². The first-order valence-corrected chi connectivity index (χ1v) is 9.47. The number of halogens is 1. The summed E-state index contributed by atoms with van der Waals surface area (Å²) in [6.45, 7) is 3.84. The summed E-state index contributed by atoms with van der Waals surface area (Å²) >= 11 is 3.23. The van der Waals surface area contributed by atoms with Crippen molar-refractivity contribution in [3.05, 3.63) is 57.6 Å². The number of carbonyl (C=O) groups is 1. The minimum Gasteiger partial charge on any atom is -0.322 e. The number of hydrogen-bond donors (Lipinski definition) is 1. The maximum atomic E-state index is 12.5. The molecule has 0 aromatic heterocycles. The lowest BCUT2D eigenvalue weighted by molar-refractivity contribution is 0.102. The molecule has 0 atom stereocenters. The van der Waals surface area contributed by atoms with Crippen molar-refractivity contribution in [2.24, 2.45) is 0 Å². The van der Waals surface area contributed by atoms with Crippen LogP contribution < -0.4 is 5.32 Å². The number of rotatable bonds is 4. The first kappa shape index (κ1) is 18.6. The van der Waals surface area contributed by atoms with Gasteiger partial charge >= 0.3 is 0 Å². The van der Waals surface area contributed by atoms with Gasteiger partial charge in [-0.2, -0.15) is 0 Å². The Morgan fingerprint density at radius 3 is 2.38 bits per heavy atom. The molecule has 1 amide bonds. The highest BCUT2D eigenvalue weighted by Gasteiger charge is 2.22. The second kappa shape index (κ2) is 7.04. The predicted molar refractivity (Wildman–Crippen MR) is 98.9 cm³/mol. The monoisotopic (exact) mass is 410 g/mol.